The van der Waals surface area contributed by atoms with Crippen molar-refractivity contribution in [2.45, 2.75) is 82.1 Å². The number of hydrogen-bond acceptors (Lipinski definition) is 7. The minimum atomic E-state index is -0.750. The van der Waals surface area contributed by atoms with E-state index < -0.39 is 29.8 Å². The van der Waals surface area contributed by atoms with E-state index in [0.717, 1.165) is 31.2 Å². The second-order valence-corrected chi connectivity index (χ2v) is 11.2. The summed E-state index contributed by atoms with van der Waals surface area (Å²) in [6.45, 7) is 6.10. The summed E-state index contributed by atoms with van der Waals surface area (Å²) in [5.41, 5.74) is 0.172. The standard InChI is InChI=1S/C26H38ClN3O6/c1-25(2,3)36-24(34)29-16-26(17-6-5-7-18(27)12-17)10-8-19(9-11-26)28-14-22(32)30-15-20(31)13-21(30)23(33)35-4/h5-7,12,19-21,28,31H,8-11,13-16H2,1-4H3,(H,29,34). The highest BCUT2D eigenvalue weighted by atomic mass is 35.5. The van der Waals surface area contributed by atoms with Crippen molar-refractivity contribution in [3.63, 3.8) is 0 Å². The predicted octanol–water partition coefficient (Wildman–Crippen LogP) is 2.77. The number of carbonyl (C=O) groups excluding carboxylic acids is 3. The lowest BCUT2D eigenvalue weighted by atomic mass is 9.68. The number of rotatable bonds is 7. The lowest BCUT2D eigenvalue weighted by Crippen LogP contribution is -2.50. The number of nitrogens with one attached hydrogen (secondary N) is 2. The Morgan fingerprint density at radius 1 is 1.22 bits per heavy atom. The zero-order valence-electron chi connectivity index (χ0n) is 21.5. The molecule has 0 radical (unpaired) electrons. The molecule has 1 aliphatic carbocycles. The fraction of sp³-hybridized carbons (Fsp3) is 0.654. The number of alkyl carbamates (subject to hydrolysis) is 1. The lowest BCUT2D eigenvalue weighted by molar-refractivity contribution is -0.150. The normalized spacial score (nSPS) is 26.4. The third-order valence-corrected chi connectivity index (χ3v) is 7.20. The van der Waals surface area contributed by atoms with Crippen molar-refractivity contribution in [1.29, 1.82) is 0 Å². The van der Waals surface area contributed by atoms with Gasteiger partial charge >= 0.3 is 12.1 Å². The molecule has 200 valence electrons. The molecule has 3 rings (SSSR count). The minimum Gasteiger partial charge on any atom is -0.467 e. The van der Waals surface area contributed by atoms with Crippen molar-refractivity contribution >= 4 is 29.6 Å². The Morgan fingerprint density at radius 2 is 1.92 bits per heavy atom. The van der Waals surface area contributed by atoms with E-state index in [1.54, 1.807) is 0 Å². The maximum absolute atomic E-state index is 12.8. The second-order valence-electron chi connectivity index (χ2n) is 10.8. The second kappa shape index (κ2) is 11.8. The molecule has 0 aromatic heterocycles. The largest absolute Gasteiger partial charge is 0.467 e. The Balaban J connectivity index is 1.61. The molecule has 0 bridgehead atoms. The van der Waals surface area contributed by atoms with Gasteiger partial charge in [-0.3, -0.25) is 4.79 Å². The SMILES string of the molecule is COC(=O)C1CC(O)CN1C(=O)CNC1CCC(CNC(=O)OC(C)(C)C)(c2cccc(Cl)c2)CC1. The van der Waals surface area contributed by atoms with Crippen molar-refractivity contribution in [3.8, 4) is 0 Å². The van der Waals surface area contributed by atoms with Crippen molar-refractivity contribution in [2.24, 2.45) is 0 Å². The number of carbonyl (C=O) groups is 3. The van der Waals surface area contributed by atoms with Crippen LogP contribution in [0.3, 0.4) is 0 Å². The molecule has 2 atom stereocenters. The van der Waals surface area contributed by atoms with E-state index in [9.17, 15) is 19.5 Å². The highest BCUT2D eigenvalue weighted by Crippen LogP contribution is 2.40. The molecule has 1 saturated carbocycles. The topological polar surface area (TPSA) is 117 Å². The molecule has 1 saturated heterocycles. The van der Waals surface area contributed by atoms with Gasteiger partial charge in [-0.1, -0.05) is 23.7 Å². The first-order valence-electron chi connectivity index (χ1n) is 12.4. The van der Waals surface area contributed by atoms with Crippen LogP contribution in [-0.2, 0) is 24.5 Å². The van der Waals surface area contributed by atoms with E-state index in [4.69, 9.17) is 21.1 Å². The molecule has 2 amide bonds. The lowest BCUT2D eigenvalue weighted by Gasteiger charge is -2.41. The number of nitrogens with zero attached hydrogens (tertiary/aromatic N) is 1. The van der Waals surface area contributed by atoms with E-state index in [1.807, 2.05) is 45.0 Å². The number of aliphatic hydroxyl groups is 1. The third kappa shape index (κ3) is 7.33. The van der Waals surface area contributed by atoms with Crippen molar-refractivity contribution in [3.05, 3.63) is 34.9 Å². The Bertz CT molecular complexity index is 942. The highest BCUT2D eigenvalue weighted by molar-refractivity contribution is 6.30. The number of likely N-dealkylation sites (tertiary alicyclic amines) is 1. The van der Waals surface area contributed by atoms with Crippen LogP contribution in [0.1, 0.15) is 58.4 Å². The molecule has 3 N–H and O–H groups in total. The van der Waals surface area contributed by atoms with E-state index >= 15 is 0 Å². The van der Waals surface area contributed by atoms with Gasteiger partial charge in [-0.2, -0.15) is 0 Å². The summed E-state index contributed by atoms with van der Waals surface area (Å²) in [5.74, 6) is -0.749. The van der Waals surface area contributed by atoms with Gasteiger partial charge in [-0.15, -0.1) is 0 Å². The average molecular weight is 524 g/mol. The number of benzene rings is 1. The quantitative estimate of drug-likeness (QED) is 0.470. The molecule has 0 spiro atoms. The molecule has 9 nitrogen and oxygen atoms in total. The first kappa shape index (κ1) is 28.2. The van der Waals surface area contributed by atoms with E-state index in [-0.39, 0.29) is 36.9 Å². The first-order valence-corrected chi connectivity index (χ1v) is 12.8. The molecule has 2 fully saturated rings. The summed E-state index contributed by atoms with van der Waals surface area (Å²) in [7, 11) is 1.28. The number of ether oxygens (including phenoxy) is 2. The van der Waals surface area contributed by atoms with Crippen LogP contribution in [0.25, 0.3) is 0 Å². The molecule has 36 heavy (non-hydrogen) atoms. The number of halogens is 1. The highest BCUT2D eigenvalue weighted by Gasteiger charge is 2.41. The number of esters is 1. The molecule has 2 unspecified atom stereocenters. The van der Waals surface area contributed by atoms with Gasteiger partial charge in [0.2, 0.25) is 5.91 Å². The van der Waals surface area contributed by atoms with Gasteiger partial charge in [0.15, 0.2) is 0 Å². The maximum Gasteiger partial charge on any atom is 0.407 e. The van der Waals surface area contributed by atoms with Crippen LogP contribution in [-0.4, -0.2) is 78.5 Å². The van der Waals surface area contributed by atoms with Gasteiger partial charge in [0.05, 0.1) is 19.8 Å². The monoisotopic (exact) mass is 523 g/mol. The summed E-state index contributed by atoms with van der Waals surface area (Å²) >= 11 is 6.29. The first-order chi connectivity index (χ1) is 16.9. The number of methoxy groups -OCH3 is 1. The summed E-state index contributed by atoms with van der Waals surface area (Å²) in [5, 5.41) is 16.9. The molecule has 10 heteroatoms. The number of aliphatic hydroxyl groups excluding tert-OH is 1. The summed E-state index contributed by atoms with van der Waals surface area (Å²) in [4.78, 5) is 38.6. The predicted molar refractivity (Wildman–Crippen MR) is 136 cm³/mol. The van der Waals surface area contributed by atoms with Crippen LogP contribution in [0.4, 0.5) is 4.79 Å². The molecular weight excluding hydrogens is 486 g/mol. The summed E-state index contributed by atoms with van der Waals surface area (Å²) in [6.07, 6.45) is 2.14. The Morgan fingerprint density at radius 3 is 2.53 bits per heavy atom. The Hall–Kier alpha value is -2.36. The summed E-state index contributed by atoms with van der Waals surface area (Å²) in [6, 6.07) is 7.08. The van der Waals surface area contributed by atoms with E-state index in [1.165, 1.54) is 12.0 Å². The van der Waals surface area contributed by atoms with Crippen molar-refractivity contribution in [2.75, 3.05) is 26.7 Å². The van der Waals surface area contributed by atoms with Crippen molar-refractivity contribution in [1.82, 2.24) is 15.5 Å². The van der Waals surface area contributed by atoms with Gasteiger partial charge in [0.1, 0.15) is 11.6 Å². The Kier molecular flexibility index (Phi) is 9.24. The third-order valence-electron chi connectivity index (χ3n) is 6.96. The fourth-order valence-corrected chi connectivity index (χ4v) is 5.29. The van der Waals surface area contributed by atoms with Gasteiger partial charge in [-0.05, 0) is 64.2 Å². The molecule has 1 aromatic rings. The molecule has 1 aliphatic heterocycles. The zero-order chi connectivity index (χ0) is 26.5. The molecule has 2 aliphatic rings. The van der Waals surface area contributed by atoms with Gasteiger partial charge < -0.3 is 30.1 Å². The molecule has 1 heterocycles. The minimum absolute atomic E-state index is 0.0746. The van der Waals surface area contributed by atoms with Crippen LogP contribution >= 0.6 is 11.6 Å². The Labute approximate surface area is 217 Å². The number of hydrogen-bond donors (Lipinski definition) is 3. The maximum atomic E-state index is 12.8. The smallest absolute Gasteiger partial charge is 0.407 e. The fourth-order valence-electron chi connectivity index (χ4n) is 5.10. The van der Waals surface area contributed by atoms with Crippen LogP contribution in [0, 0.1) is 0 Å². The zero-order valence-corrected chi connectivity index (χ0v) is 22.3. The van der Waals surface area contributed by atoms with Gasteiger partial charge in [-0.25, -0.2) is 9.59 Å². The molecular formula is C26H38ClN3O6. The van der Waals surface area contributed by atoms with E-state index in [2.05, 4.69) is 10.6 Å². The van der Waals surface area contributed by atoms with Crippen LogP contribution in [0.2, 0.25) is 5.02 Å². The van der Waals surface area contributed by atoms with Crippen molar-refractivity contribution < 1.29 is 29.0 Å². The van der Waals surface area contributed by atoms with Crippen LogP contribution in [0.15, 0.2) is 24.3 Å². The molecule has 1 aromatic carbocycles. The number of β-amino-alcohol motifs (C(OH)–C–C–N with tert-alkyl or cyclic N) is 1. The number of amides is 2. The van der Waals surface area contributed by atoms with Gasteiger partial charge in [0, 0.05) is 36.0 Å². The summed E-state index contributed by atoms with van der Waals surface area (Å²) < 4.78 is 10.2. The van der Waals surface area contributed by atoms with Crippen LogP contribution < -0.4 is 10.6 Å². The van der Waals surface area contributed by atoms with Crippen LogP contribution in [0.5, 0.6) is 0 Å². The van der Waals surface area contributed by atoms with Gasteiger partial charge in [0.25, 0.3) is 0 Å². The average Bonchev–Trinajstić information content (AvgIpc) is 3.22. The van der Waals surface area contributed by atoms with E-state index in [0.29, 0.717) is 11.6 Å².